The molecule has 1 aliphatic rings. The first kappa shape index (κ1) is 20.3. The number of amides is 2. The van der Waals surface area contributed by atoms with Gasteiger partial charge in [-0.1, -0.05) is 19.9 Å². The highest BCUT2D eigenvalue weighted by molar-refractivity contribution is 6.36. The SMILES string of the molecule is Cc1cc(C)cc(NC2=C(c3ccc([N+](=O)[O-])cc3)C(=O)N(CC(C)C)C2=O)c1. The van der Waals surface area contributed by atoms with E-state index < -0.39 is 16.7 Å². The lowest BCUT2D eigenvalue weighted by molar-refractivity contribution is -0.384. The zero-order valence-electron chi connectivity index (χ0n) is 16.9. The van der Waals surface area contributed by atoms with Crippen molar-refractivity contribution in [3.63, 3.8) is 0 Å². The van der Waals surface area contributed by atoms with Gasteiger partial charge in [0.05, 0.1) is 10.5 Å². The molecule has 0 spiro atoms. The summed E-state index contributed by atoms with van der Waals surface area (Å²) in [6.07, 6.45) is 0. The average molecular weight is 393 g/mol. The molecule has 7 nitrogen and oxygen atoms in total. The molecule has 0 bridgehead atoms. The molecule has 0 radical (unpaired) electrons. The van der Waals surface area contributed by atoms with Crippen LogP contribution in [0.15, 0.2) is 48.2 Å². The van der Waals surface area contributed by atoms with Gasteiger partial charge >= 0.3 is 0 Å². The first-order valence-electron chi connectivity index (χ1n) is 9.38. The first-order chi connectivity index (χ1) is 13.7. The Balaban J connectivity index is 2.08. The van der Waals surface area contributed by atoms with Gasteiger partial charge in [0.1, 0.15) is 5.70 Å². The minimum absolute atomic E-state index is 0.0750. The number of aryl methyl sites for hydroxylation is 2. The number of benzene rings is 2. The van der Waals surface area contributed by atoms with E-state index in [0.29, 0.717) is 17.8 Å². The lowest BCUT2D eigenvalue weighted by Gasteiger charge is -2.17. The van der Waals surface area contributed by atoms with Gasteiger partial charge in [-0.3, -0.25) is 24.6 Å². The van der Waals surface area contributed by atoms with Gasteiger partial charge in [-0.05, 0) is 60.7 Å². The van der Waals surface area contributed by atoms with Crippen molar-refractivity contribution in [3.8, 4) is 0 Å². The van der Waals surface area contributed by atoms with Crippen LogP contribution in [0.1, 0.15) is 30.5 Å². The van der Waals surface area contributed by atoms with Crippen molar-refractivity contribution >= 4 is 28.8 Å². The molecule has 0 aromatic heterocycles. The summed E-state index contributed by atoms with van der Waals surface area (Å²) in [4.78, 5) is 37.8. The monoisotopic (exact) mass is 393 g/mol. The maximum absolute atomic E-state index is 13.1. The predicted molar refractivity (Wildman–Crippen MR) is 111 cm³/mol. The molecule has 0 aliphatic carbocycles. The van der Waals surface area contributed by atoms with Crippen molar-refractivity contribution in [2.45, 2.75) is 27.7 Å². The van der Waals surface area contributed by atoms with E-state index in [4.69, 9.17) is 0 Å². The number of carbonyl (C=O) groups excluding carboxylic acids is 2. The lowest BCUT2D eigenvalue weighted by atomic mass is 10.0. The summed E-state index contributed by atoms with van der Waals surface area (Å²) in [5.74, 6) is -0.679. The normalized spacial score (nSPS) is 14.2. The minimum Gasteiger partial charge on any atom is -0.350 e. The molecule has 2 amide bonds. The highest BCUT2D eigenvalue weighted by Crippen LogP contribution is 2.32. The highest BCUT2D eigenvalue weighted by atomic mass is 16.6. The average Bonchev–Trinajstić information content (AvgIpc) is 2.85. The van der Waals surface area contributed by atoms with Crippen LogP contribution in [0.4, 0.5) is 11.4 Å². The van der Waals surface area contributed by atoms with Crippen LogP contribution in [-0.4, -0.2) is 28.2 Å². The summed E-state index contributed by atoms with van der Waals surface area (Å²) in [7, 11) is 0. The van der Waals surface area contributed by atoms with Crippen molar-refractivity contribution in [1.29, 1.82) is 0 Å². The number of imide groups is 1. The Labute approximate surface area is 169 Å². The Kier molecular flexibility index (Phi) is 5.50. The van der Waals surface area contributed by atoms with Gasteiger partial charge < -0.3 is 5.32 Å². The van der Waals surface area contributed by atoms with Crippen LogP contribution in [0.3, 0.4) is 0 Å². The Bertz CT molecular complexity index is 1000. The summed E-state index contributed by atoms with van der Waals surface area (Å²) in [5.41, 5.74) is 3.58. The Hall–Kier alpha value is -3.48. The van der Waals surface area contributed by atoms with Crippen molar-refractivity contribution in [2.24, 2.45) is 5.92 Å². The van der Waals surface area contributed by atoms with Gasteiger partial charge in [0.25, 0.3) is 17.5 Å². The van der Waals surface area contributed by atoms with E-state index >= 15 is 0 Å². The van der Waals surface area contributed by atoms with Gasteiger partial charge in [-0.2, -0.15) is 0 Å². The smallest absolute Gasteiger partial charge is 0.278 e. The predicted octanol–water partition coefficient (Wildman–Crippen LogP) is 4.06. The number of nitro groups is 1. The summed E-state index contributed by atoms with van der Waals surface area (Å²) in [6.45, 7) is 8.07. The van der Waals surface area contributed by atoms with Crippen molar-refractivity contribution < 1.29 is 14.5 Å². The molecule has 2 aromatic rings. The van der Waals surface area contributed by atoms with Gasteiger partial charge in [-0.15, -0.1) is 0 Å². The molecule has 0 saturated carbocycles. The number of carbonyl (C=O) groups is 2. The van der Waals surface area contributed by atoms with Crippen LogP contribution in [-0.2, 0) is 9.59 Å². The van der Waals surface area contributed by atoms with E-state index in [0.717, 1.165) is 11.1 Å². The zero-order chi connectivity index (χ0) is 21.3. The third-order valence-electron chi connectivity index (χ3n) is 4.57. The maximum atomic E-state index is 13.1. The molecule has 3 rings (SSSR count). The standard InChI is InChI=1S/C22H23N3O4/c1-13(2)12-24-21(26)19(16-5-7-18(8-6-16)25(28)29)20(22(24)27)23-17-10-14(3)9-15(4)11-17/h5-11,13,23H,12H2,1-4H3. The lowest BCUT2D eigenvalue weighted by Crippen LogP contribution is -2.35. The summed E-state index contributed by atoms with van der Waals surface area (Å²) >= 11 is 0. The van der Waals surface area contributed by atoms with Crippen LogP contribution >= 0.6 is 0 Å². The summed E-state index contributed by atoms with van der Waals surface area (Å²) in [6, 6.07) is 11.5. The molecule has 2 aromatic carbocycles. The van der Waals surface area contributed by atoms with E-state index in [1.165, 1.54) is 29.2 Å². The molecule has 29 heavy (non-hydrogen) atoms. The first-order valence-corrected chi connectivity index (χ1v) is 9.38. The van der Waals surface area contributed by atoms with Gasteiger partial charge in [0, 0.05) is 24.4 Å². The second-order valence-electron chi connectivity index (χ2n) is 7.67. The van der Waals surface area contributed by atoms with Crippen LogP contribution in [0.5, 0.6) is 0 Å². The highest BCUT2D eigenvalue weighted by Gasteiger charge is 2.39. The number of anilines is 1. The van der Waals surface area contributed by atoms with Crippen LogP contribution in [0.25, 0.3) is 5.57 Å². The molecular weight excluding hydrogens is 370 g/mol. The number of nitrogens with one attached hydrogen (secondary N) is 1. The van der Waals surface area contributed by atoms with Crippen molar-refractivity contribution in [1.82, 2.24) is 4.90 Å². The zero-order valence-corrected chi connectivity index (χ0v) is 16.9. The molecule has 1 heterocycles. The molecule has 0 saturated heterocycles. The second-order valence-corrected chi connectivity index (χ2v) is 7.67. The van der Waals surface area contributed by atoms with Gasteiger partial charge in [-0.25, -0.2) is 0 Å². The van der Waals surface area contributed by atoms with Gasteiger partial charge in [0.2, 0.25) is 0 Å². The number of non-ortho nitro benzene ring substituents is 1. The quantitative estimate of drug-likeness (QED) is 0.454. The number of hydrogen-bond donors (Lipinski definition) is 1. The van der Waals surface area contributed by atoms with Crippen LogP contribution in [0.2, 0.25) is 0 Å². The van der Waals surface area contributed by atoms with E-state index in [-0.39, 0.29) is 22.9 Å². The van der Waals surface area contributed by atoms with E-state index in [9.17, 15) is 19.7 Å². The molecule has 150 valence electrons. The molecule has 0 unspecified atom stereocenters. The minimum atomic E-state index is -0.500. The van der Waals surface area contributed by atoms with Crippen molar-refractivity contribution in [3.05, 3.63) is 75.0 Å². The van der Waals surface area contributed by atoms with Crippen molar-refractivity contribution in [2.75, 3.05) is 11.9 Å². The van der Waals surface area contributed by atoms with E-state index in [1.807, 2.05) is 45.9 Å². The maximum Gasteiger partial charge on any atom is 0.278 e. The largest absolute Gasteiger partial charge is 0.350 e. The second kappa shape index (κ2) is 7.87. The fraction of sp³-hybridized carbons (Fsp3) is 0.273. The number of rotatable bonds is 6. The Morgan fingerprint density at radius 1 is 1.00 bits per heavy atom. The Morgan fingerprint density at radius 3 is 2.10 bits per heavy atom. The number of hydrogen-bond acceptors (Lipinski definition) is 5. The summed E-state index contributed by atoms with van der Waals surface area (Å²) < 4.78 is 0. The molecule has 0 atom stereocenters. The number of nitro benzene ring substituents is 1. The third kappa shape index (κ3) is 4.18. The molecule has 1 aliphatic heterocycles. The summed E-state index contributed by atoms with van der Waals surface area (Å²) in [5, 5.41) is 14.1. The molecular formula is C22H23N3O4. The van der Waals surface area contributed by atoms with Gasteiger partial charge in [0.15, 0.2) is 0 Å². The Morgan fingerprint density at radius 2 is 1.59 bits per heavy atom. The fourth-order valence-corrected chi connectivity index (χ4v) is 3.43. The molecule has 0 fully saturated rings. The third-order valence-corrected chi connectivity index (χ3v) is 4.57. The molecule has 7 heteroatoms. The molecule has 1 N–H and O–H groups in total. The fourth-order valence-electron chi connectivity index (χ4n) is 3.43. The van der Waals surface area contributed by atoms with E-state index in [2.05, 4.69) is 5.32 Å². The van der Waals surface area contributed by atoms with Crippen LogP contribution < -0.4 is 5.32 Å². The topological polar surface area (TPSA) is 92.6 Å². The van der Waals surface area contributed by atoms with Crippen LogP contribution in [0, 0.1) is 29.9 Å². The number of nitrogens with zero attached hydrogens (tertiary/aromatic N) is 2. The van der Waals surface area contributed by atoms with E-state index in [1.54, 1.807) is 0 Å².